The summed E-state index contributed by atoms with van der Waals surface area (Å²) in [4.78, 5) is 0. The molecule has 2 fully saturated rings. The summed E-state index contributed by atoms with van der Waals surface area (Å²) in [6, 6.07) is 0. The molecule has 13 heavy (non-hydrogen) atoms. The van der Waals surface area contributed by atoms with Gasteiger partial charge in [0.15, 0.2) is 0 Å². The van der Waals surface area contributed by atoms with Gasteiger partial charge in [0.2, 0.25) is 0 Å². The van der Waals surface area contributed by atoms with Gasteiger partial charge in [-0.25, -0.2) is 0 Å². The highest BCUT2D eigenvalue weighted by molar-refractivity contribution is 5.14. The molecular weight excluding hydrogens is 160 g/mol. The van der Waals surface area contributed by atoms with Crippen LogP contribution in [-0.4, -0.2) is 6.10 Å². The molecule has 0 heterocycles. The van der Waals surface area contributed by atoms with Crippen molar-refractivity contribution in [2.45, 2.75) is 25.4 Å². The van der Waals surface area contributed by atoms with Crippen LogP contribution in [0.5, 0.6) is 0 Å². The third kappa shape index (κ3) is 0.932. The lowest BCUT2D eigenvalue weighted by Crippen LogP contribution is -2.29. The average Bonchev–Trinajstić information content (AvgIpc) is 2.72. The normalized spacial score (nSPS) is 50.9. The minimum atomic E-state index is 0.489. The molecule has 3 aliphatic carbocycles. The molecule has 0 aromatic rings. The first kappa shape index (κ1) is 7.66. The van der Waals surface area contributed by atoms with Crippen LogP contribution in [0.3, 0.4) is 0 Å². The molecule has 3 rings (SSSR count). The molecule has 0 amide bonds. The molecule has 70 valence electrons. The molecule has 0 saturated heterocycles. The monoisotopic (exact) mass is 176 g/mol. The quantitative estimate of drug-likeness (QED) is 0.464. The fourth-order valence-corrected chi connectivity index (χ4v) is 3.78. The Morgan fingerprint density at radius 2 is 2.23 bits per heavy atom. The number of ether oxygens (including phenoxy) is 1. The van der Waals surface area contributed by atoms with Gasteiger partial charge < -0.3 is 4.74 Å². The summed E-state index contributed by atoms with van der Waals surface area (Å²) in [6.45, 7) is 3.66. The Labute approximate surface area is 79.5 Å². The number of rotatable bonds is 2. The van der Waals surface area contributed by atoms with Crippen molar-refractivity contribution >= 4 is 0 Å². The molecule has 3 aliphatic rings. The molecule has 5 unspecified atom stereocenters. The highest BCUT2D eigenvalue weighted by atomic mass is 16.5. The Bertz CT molecular complexity index is 256. The van der Waals surface area contributed by atoms with Gasteiger partial charge in [-0.05, 0) is 42.9 Å². The van der Waals surface area contributed by atoms with E-state index in [1.54, 1.807) is 6.26 Å². The van der Waals surface area contributed by atoms with Crippen molar-refractivity contribution in [2.75, 3.05) is 0 Å². The largest absolute Gasteiger partial charge is 0.498 e. The summed E-state index contributed by atoms with van der Waals surface area (Å²) >= 11 is 0. The Balaban J connectivity index is 1.80. The van der Waals surface area contributed by atoms with E-state index in [9.17, 15) is 0 Å². The number of allylic oxidation sites excluding steroid dienone is 2. The van der Waals surface area contributed by atoms with E-state index in [0.29, 0.717) is 6.10 Å². The van der Waals surface area contributed by atoms with Gasteiger partial charge in [0.1, 0.15) is 6.10 Å². The predicted octanol–water partition coefficient (Wildman–Crippen LogP) is 2.75. The van der Waals surface area contributed by atoms with Gasteiger partial charge >= 0.3 is 0 Å². The number of hydrogen-bond donors (Lipinski definition) is 0. The molecule has 1 nitrogen and oxygen atoms in total. The SMILES string of the molecule is C=COC1CC2CC1C1CC=CC21. The third-order valence-electron chi connectivity index (χ3n) is 4.21. The second-order valence-corrected chi connectivity index (χ2v) is 4.64. The zero-order chi connectivity index (χ0) is 8.84. The van der Waals surface area contributed by atoms with Gasteiger partial charge in [-0.1, -0.05) is 18.7 Å². The van der Waals surface area contributed by atoms with Crippen LogP contribution in [0, 0.1) is 23.7 Å². The van der Waals surface area contributed by atoms with Gasteiger partial charge in [0.05, 0.1) is 6.26 Å². The maximum Gasteiger partial charge on any atom is 0.101 e. The summed E-state index contributed by atoms with van der Waals surface area (Å²) in [7, 11) is 0. The molecule has 0 spiro atoms. The van der Waals surface area contributed by atoms with Crippen molar-refractivity contribution in [3.05, 3.63) is 25.0 Å². The predicted molar refractivity (Wildman–Crippen MR) is 52.0 cm³/mol. The Morgan fingerprint density at radius 1 is 1.31 bits per heavy atom. The highest BCUT2D eigenvalue weighted by Gasteiger charge is 2.53. The van der Waals surface area contributed by atoms with E-state index in [1.807, 2.05) is 0 Å². The summed E-state index contributed by atoms with van der Waals surface area (Å²) in [5, 5.41) is 0. The van der Waals surface area contributed by atoms with E-state index in [-0.39, 0.29) is 0 Å². The molecule has 0 aliphatic heterocycles. The van der Waals surface area contributed by atoms with Crippen molar-refractivity contribution in [1.29, 1.82) is 0 Å². The molecular formula is C12H16O. The lowest BCUT2D eigenvalue weighted by Gasteiger charge is -2.30. The Hall–Kier alpha value is -0.720. The summed E-state index contributed by atoms with van der Waals surface area (Å²) in [6.07, 6.45) is 10.9. The lowest BCUT2D eigenvalue weighted by molar-refractivity contribution is 0.0539. The summed E-state index contributed by atoms with van der Waals surface area (Å²) < 4.78 is 5.58. The molecule has 0 aromatic heterocycles. The average molecular weight is 176 g/mol. The molecule has 5 atom stereocenters. The first-order chi connectivity index (χ1) is 6.40. The van der Waals surface area contributed by atoms with E-state index in [4.69, 9.17) is 4.74 Å². The number of hydrogen-bond acceptors (Lipinski definition) is 1. The summed E-state index contributed by atoms with van der Waals surface area (Å²) in [5.74, 6) is 3.54. The van der Waals surface area contributed by atoms with Crippen LogP contribution in [0.4, 0.5) is 0 Å². The zero-order valence-electron chi connectivity index (χ0n) is 7.86. The zero-order valence-corrected chi connectivity index (χ0v) is 7.86. The fourth-order valence-electron chi connectivity index (χ4n) is 3.78. The van der Waals surface area contributed by atoms with E-state index in [2.05, 4.69) is 18.7 Å². The molecule has 0 N–H and O–H groups in total. The standard InChI is InChI=1S/C12H16O/c1-2-13-12-7-8-6-11(12)10-5-3-4-9(8)10/h2-4,8-12H,1,5-7H2. The van der Waals surface area contributed by atoms with Crippen molar-refractivity contribution in [3.8, 4) is 0 Å². The van der Waals surface area contributed by atoms with Crippen molar-refractivity contribution in [3.63, 3.8) is 0 Å². The van der Waals surface area contributed by atoms with E-state index in [1.165, 1.54) is 19.3 Å². The second-order valence-electron chi connectivity index (χ2n) is 4.64. The molecule has 2 saturated carbocycles. The third-order valence-corrected chi connectivity index (χ3v) is 4.21. The van der Waals surface area contributed by atoms with E-state index >= 15 is 0 Å². The van der Waals surface area contributed by atoms with E-state index in [0.717, 1.165) is 23.7 Å². The Morgan fingerprint density at radius 3 is 3.08 bits per heavy atom. The van der Waals surface area contributed by atoms with Crippen molar-refractivity contribution in [1.82, 2.24) is 0 Å². The summed E-state index contributed by atoms with van der Waals surface area (Å²) in [5.41, 5.74) is 0. The maximum absolute atomic E-state index is 5.58. The van der Waals surface area contributed by atoms with E-state index < -0.39 is 0 Å². The van der Waals surface area contributed by atoms with Crippen LogP contribution < -0.4 is 0 Å². The van der Waals surface area contributed by atoms with Crippen LogP contribution in [0.25, 0.3) is 0 Å². The fraction of sp³-hybridized carbons (Fsp3) is 0.667. The maximum atomic E-state index is 5.58. The van der Waals surface area contributed by atoms with Crippen LogP contribution in [0.15, 0.2) is 25.0 Å². The van der Waals surface area contributed by atoms with Crippen LogP contribution in [0.2, 0.25) is 0 Å². The van der Waals surface area contributed by atoms with Crippen molar-refractivity contribution in [2.24, 2.45) is 23.7 Å². The van der Waals surface area contributed by atoms with Gasteiger partial charge in [0.25, 0.3) is 0 Å². The molecule has 1 heteroatoms. The van der Waals surface area contributed by atoms with Gasteiger partial charge in [-0.2, -0.15) is 0 Å². The minimum absolute atomic E-state index is 0.489. The smallest absolute Gasteiger partial charge is 0.101 e. The second kappa shape index (κ2) is 2.63. The number of fused-ring (bicyclic) bond motifs is 5. The van der Waals surface area contributed by atoms with Gasteiger partial charge in [-0.3, -0.25) is 0 Å². The van der Waals surface area contributed by atoms with Crippen molar-refractivity contribution < 1.29 is 4.74 Å². The highest BCUT2D eigenvalue weighted by Crippen LogP contribution is 2.57. The van der Waals surface area contributed by atoms with Crippen LogP contribution in [0.1, 0.15) is 19.3 Å². The molecule has 2 bridgehead atoms. The molecule has 0 aromatic carbocycles. The van der Waals surface area contributed by atoms with Gasteiger partial charge in [0, 0.05) is 0 Å². The minimum Gasteiger partial charge on any atom is -0.498 e. The van der Waals surface area contributed by atoms with Gasteiger partial charge in [-0.15, -0.1) is 0 Å². The first-order valence-electron chi connectivity index (χ1n) is 5.33. The Kier molecular flexibility index (Phi) is 1.55. The lowest BCUT2D eigenvalue weighted by atomic mass is 9.80. The van der Waals surface area contributed by atoms with Crippen LogP contribution in [-0.2, 0) is 4.74 Å². The topological polar surface area (TPSA) is 9.23 Å². The molecule has 0 radical (unpaired) electrons. The van der Waals surface area contributed by atoms with Crippen LogP contribution >= 0.6 is 0 Å². The first-order valence-corrected chi connectivity index (χ1v) is 5.33.